The van der Waals surface area contributed by atoms with Crippen molar-refractivity contribution in [1.29, 1.82) is 0 Å². The van der Waals surface area contributed by atoms with Crippen LogP contribution in [0.5, 0.6) is 0 Å². The van der Waals surface area contributed by atoms with E-state index in [0.29, 0.717) is 29.0 Å². The second kappa shape index (κ2) is 12.7. The molecule has 0 saturated carbocycles. The van der Waals surface area contributed by atoms with E-state index in [2.05, 4.69) is 85.8 Å². The van der Waals surface area contributed by atoms with Crippen LogP contribution in [0.4, 0.5) is 0 Å². The Kier molecular flexibility index (Phi) is 9.60. The number of hydrogen-bond acceptors (Lipinski definition) is 2. The van der Waals surface area contributed by atoms with Gasteiger partial charge in [0.25, 0.3) is 0 Å². The molecule has 4 aromatic rings. The van der Waals surface area contributed by atoms with Gasteiger partial charge in [0.2, 0.25) is 0 Å². The van der Waals surface area contributed by atoms with E-state index in [1.54, 1.807) is 39.1 Å². The standard InChI is InChI=1S/C33H42S2Se2/c1-5-9-12-23(7-3)21-33(22-24(8-4)13-10-6-2)25-17-18-34-31(25)32-26(33)20-27(35-32)28-15-16-30(37-28)29-14-11-19-36-29/h11,14-20,23-24H,5-10,12-13,21-22H2,1-4H3. The van der Waals surface area contributed by atoms with Gasteiger partial charge in [-0.3, -0.25) is 0 Å². The van der Waals surface area contributed by atoms with Gasteiger partial charge in [-0.15, -0.1) is 0 Å². The molecular formula is C33H42S2Se2. The number of fused-ring (bicyclic) bond motifs is 3. The summed E-state index contributed by atoms with van der Waals surface area (Å²) in [5.74, 6) is 1.64. The van der Waals surface area contributed by atoms with Crippen LogP contribution in [-0.4, -0.2) is 29.0 Å². The molecule has 37 heavy (non-hydrogen) atoms. The van der Waals surface area contributed by atoms with Crippen LogP contribution in [0.2, 0.25) is 0 Å². The van der Waals surface area contributed by atoms with Gasteiger partial charge in [-0.25, -0.2) is 0 Å². The number of thiophene rings is 2. The third kappa shape index (κ3) is 5.68. The van der Waals surface area contributed by atoms with E-state index in [-0.39, 0.29) is 5.41 Å². The van der Waals surface area contributed by atoms with Gasteiger partial charge in [0.1, 0.15) is 0 Å². The molecule has 4 heterocycles. The molecule has 4 heteroatoms. The molecule has 2 unspecified atom stereocenters. The van der Waals surface area contributed by atoms with Crippen LogP contribution in [0.15, 0.2) is 46.7 Å². The number of hydrogen-bond donors (Lipinski definition) is 0. The molecule has 0 spiro atoms. The van der Waals surface area contributed by atoms with Crippen molar-refractivity contribution < 1.29 is 0 Å². The summed E-state index contributed by atoms with van der Waals surface area (Å²) in [6.45, 7) is 9.60. The predicted octanol–water partition coefficient (Wildman–Crippen LogP) is 10.7. The predicted molar refractivity (Wildman–Crippen MR) is 169 cm³/mol. The van der Waals surface area contributed by atoms with Crippen molar-refractivity contribution in [1.82, 2.24) is 0 Å². The van der Waals surface area contributed by atoms with Crippen LogP contribution in [0.25, 0.3) is 27.9 Å². The Hall–Kier alpha value is -0.601. The van der Waals surface area contributed by atoms with Crippen molar-refractivity contribution in [2.75, 3.05) is 0 Å². The first-order valence-electron chi connectivity index (χ1n) is 14.5. The van der Waals surface area contributed by atoms with Crippen LogP contribution in [0.3, 0.4) is 0 Å². The van der Waals surface area contributed by atoms with E-state index in [1.807, 2.05) is 11.3 Å². The van der Waals surface area contributed by atoms with E-state index in [4.69, 9.17) is 0 Å². The van der Waals surface area contributed by atoms with Gasteiger partial charge < -0.3 is 0 Å². The summed E-state index contributed by atoms with van der Waals surface area (Å²) >= 11 is 5.10. The summed E-state index contributed by atoms with van der Waals surface area (Å²) in [5, 5.41) is 2.39. The van der Waals surface area contributed by atoms with Gasteiger partial charge in [-0.2, -0.15) is 0 Å². The van der Waals surface area contributed by atoms with E-state index < -0.39 is 0 Å². The molecule has 0 aliphatic heterocycles. The van der Waals surface area contributed by atoms with Crippen LogP contribution in [0, 0.1) is 11.8 Å². The van der Waals surface area contributed by atoms with Crippen LogP contribution >= 0.6 is 22.7 Å². The molecule has 4 aromatic heterocycles. The first-order valence-corrected chi connectivity index (χ1v) is 19.8. The second-order valence-corrected chi connectivity index (χ2v) is 17.2. The van der Waals surface area contributed by atoms with E-state index in [0.717, 1.165) is 11.8 Å². The van der Waals surface area contributed by atoms with Crippen molar-refractivity contribution in [2.45, 2.75) is 97.3 Å². The quantitative estimate of drug-likeness (QED) is 0.118. The Morgan fingerprint density at radius 2 is 1.49 bits per heavy atom. The summed E-state index contributed by atoms with van der Waals surface area (Å²) in [7, 11) is 0. The summed E-state index contributed by atoms with van der Waals surface area (Å²) in [4.78, 5) is 7.13. The van der Waals surface area contributed by atoms with Gasteiger partial charge in [0, 0.05) is 0 Å². The Morgan fingerprint density at radius 1 is 0.784 bits per heavy atom. The molecule has 1 aliphatic carbocycles. The average Bonchev–Trinajstić information content (AvgIpc) is 3.73. The topological polar surface area (TPSA) is 0 Å². The van der Waals surface area contributed by atoms with Gasteiger partial charge in [-0.05, 0) is 0 Å². The minimum absolute atomic E-state index is 0.214. The summed E-state index contributed by atoms with van der Waals surface area (Å²) in [6.07, 6.45) is 13.4. The molecule has 5 rings (SSSR count). The fraction of sp³-hybridized carbons (Fsp3) is 0.515. The summed E-state index contributed by atoms with van der Waals surface area (Å²) < 4.78 is 4.81. The average molecular weight is 661 g/mol. The Morgan fingerprint density at radius 3 is 2.11 bits per heavy atom. The van der Waals surface area contributed by atoms with Gasteiger partial charge in [0.15, 0.2) is 0 Å². The first-order chi connectivity index (χ1) is 18.1. The maximum absolute atomic E-state index is 2.68. The zero-order chi connectivity index (χ0) is 25.8. The van der Waals surface area contributed by atoms with E-state index >= 15 is 0 Å². The van der Waals surface area contributed by atoms with Crippen molar-refractivity contribution in [2.24, 2.45) is 11.8 Å². The van der Waals surface area contributed by atoms with E-state index in [9.17, 15) is 0 Å². The molecule has 1 aliphatic rings. The molecule has 0 bridgehead atoms. The number of rotatable bonds is 14. The zero-order valence-corrected chi connectivity index (χ0v) is 28.0. The molecule has 2 atom stereocenters. The summed E-state index contributed by atoms with van der Waals surface area (Å²) in [6, 6.07) is 14.7. The Balaban J connectivity index is 1.57. The van der Waals surface area contributed by atoms with Crippen molar-refractivity contribution in [3.63, 3.8) is 0 Å². The van der Waals surface area contributed by atoms with Crippen LogP contribution in [0.1, 0.15) is 103 Å². The Labute approximate surface area is 245 Å². The van der Waals surface area contributed by atoms with Gasteiger partial charge >= 0.3 is 247 Å². The third-order valence-corrected chi connectivity index (χ3v) is 16.1. The zero-order valence-electron chi connectivity index (χ0n) is 23.0. The van der Waals surface area contributed by atoms with Gasteiger partial charge in [0.05, 0.1) is 0 Å². The van der Waals surface area contributed by atoms with Crippen LogP contribution in [-0.2, 0) is 5.41 Å². The first kappa shape index (κ1) is 27.9. The van der Waals surface area contributed by atoms with Crippen molar-refractivity contribution in [3.05, 3.63) is 57.8 Å². The normalized spacial score (nSPS) is 18.2. The monoisotopic (exact) mass is 662 g/mol. The molecule has 0 nitrogen and oxygen atoms in total. The van der Waals surface area contributed by atoms with Crippen molar-refractivity contribution in [3.8, 4) is 27.9 Å². The van der Waals surface area contributed by atoms with E-state index in [1.165, 1.54) is 64.2 Å². The molecule has 0 amide bonds. The molecule has 0 saturated heterocycles. The SMILES string of the molecule is CCCCC(CC)CC1(CC(CC)CCCC)c2ccsc2-c2sc(-c3ccc(-c4ccc[se]4)[se]3)cc21. The molecule has 0 N–H and O–H groups in total. The van der Waals surface area contributed by atoms with Gasteiger partial charge in [-0.1, -0.05) is 0 Å². The second-order valence-electron chi connectivity index (χ2n) is 11.0. The minimum atomic E-state index is 0.214. The number of unbranched alkanes of at least 4 members (excludes halogenated alkanes) is 2. The molecule has 198 valence electrons. The Bertz CT molecular complexity index is 1240. The molecule has 0 fully saturated rings. The summed E-state index contributed by atoms with van der Waals surface area (Å²) in [5.41, 5.74) is 3.60. The molecule has 0 aromatic carbocycles. The van der Waals surface area contributed by atoms with Crippen LogP contribution < -0.4 is 0 Å². The fourth-order valence-corrected chi connectivity index (χ4v) is 13.4. The third-order valence-electron chi connectivity index (χ3n) is 8.61. The van der Waals surface area contributed by atoms with Crippen molar-refractivity contribution >= 4 is 51.7 Å². The maximum atomic E-state index is 2.68. The molecular weight excluding hydrogens is 618 g/mol. The molecule has 0 radical (unpaired) electrons. The fourth-order valence-electron chi connectivity index (χ4n) is 6.46.